The summed E-state index contributed by atoms with van der Waals surface area (Å²) in [6, 6.07) is 5.48. The molecule has 5 heteroatoms. The molecule has 1 aromatic rings. The first-order valence-corrected chi connectivity index (χ1v) is 4.43. The third-order valence-electron chi connectivity index (χ3n) is 2.02. The highest BCUT2D eigenvalue weighted by Gasteiger charge is 2.14. The predicted octanol–water partition coefficient (Wildman–Crippen LogP) is 0.543. The zero-order valence-corrected chi connectivity index (χ0v) is 9.07. The van der Waals surface area contributed by atoms with Crippen LogP contribution >= 0.6 is 0 Å². The van der Waals surface area contributed by atoms with Crippen LogP contribution in [0.1, 0.15) is 5.56 Å². The Morgan fingerprint density at radius 3 is 2.13 bits per heavy atom. The van der Waals surface area contributed by atoms with Crippen molar-refractivity contribution in [2.75, 3.05) is 21.3 Å². The van der Waals surface area contributed by atoms with Gasteiger partial charge in [-0.15, -0.1) is 0 Å². The minimum atomic E-state index is 0.518. The number of benzene rings is 1. The van der Waals surface area contributed by atoms with Crippen molar-refractivity contribution in [1.29, 1.82) is 0 Å². The van der Waals surface area contributed by atoms with Crippen LogP contribution in [0.4, 0.5) is 0 Å². The number of nitrogens with zero attached hydrogens (tertiary/aromatic N) is 1. The van der Waals surface area contributed by atoms with Gasteiger partial charge in [0.1, 0.15) is 22.9 Å². The largest absolute Gasteiger partial charge is 0.496 e. The first-order valence-electron chi connectivity index (χ1n) is 4.43. The van der Waals surface area contributed by atoms with Crippen molar-refractivity contribution in [3.63, 3.8) is 0 Å². The van der Waals surface area contributed by atoms with Gasteiger partial charge in [-0.05, 0) is 12.1 Å². The topological polar surface area (TPSA) is 68.9 Å². The molecule has 0 amide bonds. The maximum absolute atomic E-state index is 5.37. The summed E-state index contributed by atoms with van der Waals surface area (Å²) < 4.78 is 10.4. The highest BCUT2D eigenvalue weighted by molar-refractivity contribution is 6.03. The van der Waals surface area contributed by atoms with Gasteiger partial charge in [0.25, 0.3) is 0 Å². The first kappa shape index (κ1) is 11.3. The fraction of sp³-hybridized carbons (Fsp3) is 0.300. The van der Waals surface area contributed by atoms with Crippen LogP contribution in [0.25, 0.3) is 0 Å². The van der Waals surface area contributed by atoms with E-state index in [0.29, 0.717) is 22.9 Å². The Kier molecular flexibility index (Phi) is 3.93. The molecular weight excluding hydrogens is 194 g/mol. The smallest absolute Gasteiger partial charge is 0.149 e. The van der Waals surface area contributed by atoms with Crippen LogP contribution in [0.2, 0.25) is 0 Å². The van der Waals surface area contributed by atoms with Crippen LogP contribution in [0, 0.1) is 0 Å². The monoisotopic (exact) mass is 209 g/mol. The summed E-state index contributed by atoms with van der Waals surface area (Å²) in [4.78, 5) is 4.01. The number of nitrogens with one attached hydrogen (secondary N) is 1. The molecule has 82 valence electrons. The number of hydrogen-bond donors (Lipinski definition) is 2. The molecule has 0 bridgehead atoms. The van der Waals surface area contributed by atoms with Gasteiger partial charge in [-0.1, -0.05) is 6.07 Å². The average Bonchev–Trinajstić information content (AvgIpc) is 2.30. The lowest BCUT2D eigenvalue weighted by molar-refractivity contribution is 0.392. The van der Waals surface area contributed by atoms with E-state index in [1.165, 1.54) is 0 Å². The molecule has 1 rings (SSSR count). The molecule has 0 aliphatic rings. The van der Waals surface area contributed by atoms with E-state index in [1.807, 2.05) is 18.2 Å². The number of ether oxygens (including phenoxy) is 2. The molecule has 15 heavy (non-hydrogen) atoms. The standard InChI is InChI=1S/C10H15N3O2/c1-12-10(13-11)9-7(14-2)5-4-6-8(9)15-3/h4-6H,11H2,1-3H3,(H,12,13). The number of methoxy groups -OCH3 is 2. The maximum atomic E-state index is 5.37. The molecular formula is C10H15N3O2. The van der Waals surface area contributed by atoms with Crippen LogP contribution in [0.15, 0.2) is 23.2 Å². The van der Waals surface area contributed by atoms with E-state index in [9.17, 15) is 0 Å². The van der Waals surface area contributed by atoms with Crippen molar-refractivity contribution in [2.45, 2.75) is 0 Å². The molecule has 0 heterocycles. The minimum Gasteiger partial charge on any atom is -0.496 e. The summed E-state index contributed by atoms with van der Waals surface area (Å²) in [5, 5.41) is 0. The molecule has 0 aliphatic carbocycles. The molecule has 0 saturated heterocycles. The van der Waals surface area contributed by atoms with Crippen molar-refractivity contribution >= 4 is 5.84 Å². The Labute approximate surface area is 88.9 Å². The average molecular weight is 209 g/mol. The van der Waals surface area contributed by atoms with Crippen LogP contribution < -0.4 is 20.7 Å². The van der Waals surface area contributed by atoms with Gasteiger partial charge in [0, 0.05) is 7.05 Å². The number of rotatable bonds is 3. The molecule has 0 aliphatic heterocycles. The van der Waals surface area contributed by atoms with Gasteiger partial charge in [0.15, 0.2) is 0 Å². The third-order valence-corrected chi connectivity index (χ3v) is 2.02. The molecule has 0 atom stereocenters. The Morgan fingerprint density at radius 1 is 1.27 bits per heavy atom. The number of amidine groups is 1. The molecule has 0 radical (unpaired) electrons. The predicted molar refractivity (Wildman–Crippen MR) is 59.3 cm³/mol. The van der Waals surface area contributed by atoms with Crippen LogP contribution in [-0.2, 0) is 0 Å². The quantitative estimate of drug-likeness (QED) is 0.330. The van der Waals surface area contributed by atoms with Crippen LogP contribution in [0.5, 0.6) is 11.5 Å². The van der Waals surface area contributed by atoms with Crippen molar-refractivity contribution in [3.8, 4) is 11.5 Å². The van der Waals surface area contributed by atoms with Crippen molar-refractivity contribution in [3.05, 3.63) is 23.8 Å². The molecule has 3 N–H and O–H groups in total. The van der Waals surface area contributed by atoms with Gasteiger partial charge in [0.2, 0.25) is 0 Å². The SMILES string of the molecule is CN=C(NN)c1c(OC)cccc1OC. The molecule has 5 nitrogen and oxygen atoms in total. The third kappa shape index (κ3) is 2.19. The van der Waals surface area contributed by atoms with Crippen LogP contribution in [0.3, 0.4) is 0 Å². The Bertz CT molecular complexity index is 341. The summed E-state index contributed by atoms with van der Waals surface area (Å²) in [5.41, 5.74) is 3.22. The summed E-state index contributed by atoms with van der Waals surface area (Å²) in [6.45, 7) is 0. The van der Waals surface area contributed by atoms with Gasteiger partial charge < -0.3 is 14.9 Å². The van der Waals surface area contributed by atoms with Gasteiger partial charge in [0.05, 0.1) is 14.2 Å². The normalized spacial score (nSPS) is 11.1. The number of nitrogens with two attached hydrogens (primary N) is 1. The lowest BCUT2D eigenvalue weighted by atomic mass is 10.1. The van der Waals surface area contributed by atoms with Gasteiger partial charge in [-0.25, -0.2) is 5.84 Å². The van der Waals surface area contributed by atoms with Crippen molar-refractivity contribution in [2.24, 2.45) is 10.8 Å². The van der Waals surface area contributed by atoms with E-state index in [1.54, 1.807) is 21.3 Å². The second-order valence-electron chi connectivity index (χ2n) is 2.75. The Morgan fingerprint density at radius 2 is 1.80 bits per heavy atom. The highest BCUT2D eigenvalue weighted by Crippen LogP contribution is 2.27. The zero-order chi connectivity index (χ0) is 11.3. The fourth-order valence-corrected chi connectivity index (χ4v) is 1.33. The minimum absolute atomic E-state index is 0.518. The highest BCUT2D eigenvalue weighted by atomic mass is 16.5. The summed E-state index contributed by atoms with van der Waals surface area (Å²) in [6.07, 6.45) is 0. The van der Waals surface area contributed by atoms with Crippen molar-refractivity contribution < 1.29 is 9.47 Å². The summed E-state index contributed by atoms with van der Waals surface area (Å²) in [5.74, 6) is 7.21. The van der Waals surface area contributed by atoms with Gasteiger partial charge in [-0.3, -0.25) is 4.99 Å². The van der Waals surface area contributed by atoms with Crippen LogP contribution in [-0.4, -0.2) is 27.1 Å². The second-order valence-corrected chi connectivity index (χ2v) is 2.75. The number of hydrogen-bond acceptors (Lipinski definition) is 4. The molecule has 0 saturated carbocycles. The lowest BCUT2D eigenvalue weighted by Gasteiger charge is -2.13. The maximum Gasteiger partial charge on any atom is 0.149 e. The fourth-order valence-electron chi connectivity index (χ4n) is 1.33. The molecule has 0 aromatic heterocycles. The van der Waals surface area contributed by atoms with E-state index < -0.39 is 0 Å². The molecule has 1 aromatic carbocycles. The molecule has 0 fully saturated rings. The van der Waals surface area contributed by atoms with Crippen molar-refractivity contribution in [1.82, 2.24) is 5.43 Å². The first-order chi connectivity index (χ1) is 7.28. The van der Waals surface area contributed by atoms with Gasteiger partial charge in [-0.2, -0.15) is 0 Å². The van der Waals surface area contributed by atoms with E-state index in [0.717, 1.165) is 0 Å². The van der Waals surface area contributed by atoms with E-state index in [2.05, 4.69) is 10.4 Å². The summed E-state index contributed by atoms with van der Waals surface area (Å²) in [7, 11) is 4.81. The summed E-state index contributed by atoms with van der Waals surface area (Å²) >= 11 is 0. The van der Waals surface area contributed by atoms with E-state index >= 15 is 0 Å². The Hall–Kier alpha value is -1.75. The zero-order valence-electron chi connectivity index (χ0n) is 9.07. The number of aliphatic imine (C=N–C) groups is 1. The van der Waals surface area contributed by atoms with E-state index in [-0.39, 0.29) is 0 Å². The molecule has 0 spiro atoms. The Balaban J connectivity index is 3.33. The molecule has 0 unspecified atom stereocenters. The van der Waals surface area contributed by atoms with E-state index in [4.69, 9.17) is 15.3 Å². The lowest BCUT2D eigenvalue weighted by Crippen LogP contribution is -2.31. The number of hydrazine groups is 1. The van der Waals surface area contributed by atoms with Gasteiger partial charge >= 0.3 is 0 Å². The second kappa shape index (κ2) is 5.21.